The summed E-state index contributed by atoms with van der Waals surface area (Å²) in [5.74, 6) is -1.07. The summed E-state index contributed by atoms with van der Waals surface area (Å²) in [4.78, 5) is 37.5. The standard InChI is InChI=1S/C47H78O6/c1-4-7-10-13-16-19-21-23-25-28-31-34-37-40-46(49)52-43-44(42-51-45(48)39-36-33-30-27-18-15-12-9-6-3)53-47(50)41-38-35-32-29-26-24-22-20-17-14-11-8-5-2/h7,9-10,12-13,16,18-19,21,27,33,36,44H,4-6,8,11,14-15,17,20,22-26,28-32,34-35,37-43H2,1-3H3/b10-7-,12-9-,16-13-,21-19-,27-18-,36-33-. The van der Waals surface area contributed by atoms with Crippen LogP contribution in [0.3, 0.4) is 0 Å². The SMILES string of the molecule is CC\C=C/C=C\C=C/CCCCCCCC(=O)OCC(COC(=O)C/C=C\C/C=C\C/C=C\CC)OC(=O)CCCCCCCCCCCCCCC. The molecule has 6 nitrogen and oxygen atoms in total. The Kier molecular flexibility index (Phi) is 39.1. The third-order valence-corrected chi connectivity index (χ3v) is 8.80. The second-order valence-electron chi connectivity index (χ2n) is 13.9. The summed E-state index contributed by atoms with van der Waals surface area (Å²) in [6, 6.07) is 0. The summed E-state index contributed by atoms with van der Waals surface area (Å²) < 4.78 is 16.5. The Labute approximate surface area is 325 Å². The van der Waals surface area contributed by atoms with E-state index >= 15 is 0 Å². The van der Waals surface area contributed by atoms with Gasteiger partial charge in [0.1, 0.15) is 13.2 Å². The summed E-state index contributed by atoms with van der Waals surface area (Å²) in [5, 5.41) is 0. The first-order valence-electron chi connectivity index (χ1n) is 21.5. The molecule has 0 aromatic carbocycles. The van der Waals surface area contributed by atoms with E-state index in [1.54, 1.807) is 6.08 Å². The molecule has 0 aromatic rings. The number of ether oxygens (including phenoxy) is 3. The monoisotopic (exact) mass is 739 g/mol. The Balaban J connectivity index is 4.47. The molecule has 0 aliphatic rings. The van der Waals surface area contributed by atoms with Gasteiger partial charge in [0.25, 0.3) is 0 Å². The molecule has 0 spiro atoms. The van der Waals surface area contributed by atoms with E-state index in [1.807, 2.05) is 12.2 Å². The molecule has 0 N–H and O–H groups in total. The zero-order valence-corrected chi connectivity index (χ0v) is 34.3. The number of allylic oxidation sites excluding steroid dienone is 11. The fourth-order valence-electron chi connectivity index (χ4n) is 5.62. The average Bonchev–Trinajstić information content (AvgIpc) is 3.15. The van der Waals surface area contributed by atoms with Crippen molar-refractivity contribution in [3.8, 4) is 0 Å². The minimum atomic E-state index is -0.814. The van der Waals surface area contributed by atoms with E-state index in [-0.39, 0.29) is 31.6 Å². The maximum absolute atomic E-state index is 12.7. The molecule has 0 heterocycles. The second kappa shape index (κ2) is 41.6. The van der Waals surface area contributed by atoms with E-state index in [0.717, 1.165) is 83.5 Å². The van der Waals surface area contributed by atoms with Crippen molar-refractivity contribution in [3.05, 3.63) is 72.9 Å². The lowest BCUT2D eigenvalue weighted by molar-refractivity contribution is -0.166. The number of rotatable bonds is 37. The van der Waals surface area contributed by atoms with Gasteiger partial charge >= 0.3 is 17.9 Å². The smallest absolute Gasteiger partial charge is 0.309 e. The summed E-state index contributed by atoms with van der Waals surface area (Å²) in [6.45, 7) is 6.24. The van der Waals surface area contributed by atoms with Gasteiger partial charge in [-0.2, -0.15) is 0 Å². The topological polar surface area (TPSA) is 78.9 Å². The summed E-state index contributed by atoms with van der Waals surface area (Å²) in [7, 11) is 0. The molecule has 0 amide bonds. The molecule has 0 saturated carbocycles. The maximum Gasteiger partial charge on any atom is 0.309 e. The second-order valence-corrected chi connectivity index (χ2v) is 13.9. The Morgan fingerprint density at radius 1 is 0.434 bits per heavy atom. The predicted molar refractivity (Wildman–Crippen MR) is 224 cm³/mol. The lowest BCUT2D eigenvalue weighted by Crippen LogP contribution is -2.30. The van der Waals surface area contributed by atoms with Crippen LogP contribution >= 0.6 is 0 Å². The maximum atomic E-state index is 12.7. The van der Waals surface area contributed by atoms with Crippen molar-refractivity contribution in [2.45, 2.75) is 194 Å². The third kappa shape index (κ3) is 39.9. The van der Waals surface area contributed by atoms with Gasteiger partial charge in [0.15, 0.2) is 6.10 Å². The van der Waals surface area contributed by atoms with Crippen molar-refractivity contribution in [1.29, 1.82) is 0 Å². The van der Waals surface area contributed by atoms with Gasteiger partial charge in [-0.1, -0.05) is 190 Å². The van der Waals surface area contributed by atoms with Gasteiger partial charge in [0, 0.05) is 12.8 Å². The number of carbonyl (C=O) groups is 3. The average molecular weight is 739 g/mol. The van der Waals surface area contributed by atoms with E-state index in [4.69, 9.17) is 14.2 Å². The molecule has 0 aliphatic heterocycles. The van der Waals surface area contributed by atoms with Gasteiger partial charge in [0.05, 0.1) is 6.42 Å². The van der Waals surface area contributed by atoms with Gasteiger partial charge in [-0.25, -0.2) is 0 Å². The van der Waals surface area contributed by atoms with Crippen LogP contribution in [0.1, 0.15) is 188 Å². The molecule has 1 atom stereocenters. The molecule has 6 heteroatoms. The third-order valence-electron chi connectivity index (χ3n) is 8.80. The highest BCUT2D eigenvalue weighted by Crippen LogP contribution is 2.14. The summed E-state index contributed by atoms with van der Waals surface area (Å²) in [5.41, 5.74) is 0. The van der Waals surface area contributed by atoms with Gasteiger partial charge < -0.3 is 14.2 Å². The number of hydrogen-bond donors (Lipinski definition) is 0. The number of carbonyl (C=O) groups excluding carboxylic acids is 3. The molecular formula is C47H78O6. The number of unbranched alkanes of at least 4 members (excludes halogenated alkanes) is 17. The molecule has 0 bridgehead atoms. The molecule has 0 aliphatic carbocycles. The van der Waals surface area contributed by atoms with Gasteiger partial charge in [-0.15, -0.1) is 0 Å². The Morgan fingerprint density at radius 3 is 1.45 bits per heavy atom. The first kappa shape index (κ1) is 49.9. The molecule has 53 heavy (non-hydrogen) atoms. The zero-order chi connectivity index (χ0) is 38.7. The largest absolute Gasteiger partial charge is 0.462 e. The van der Waals surface area contributed by atoms with Crippen molar-refractivity contribution in [1.82, 2.24) is 0 Å². The summed E-state index contributed by atoms with van der Waals surface area (Å²) in [6.07, 6.45) is 50.6. The van der Waals surface area contributed by atoms with Gasteiger partial charge in [-0.3, -0.25) is 14.4 Å². The van der Waals surface area contributed by atoms with Crippen LogP contribution in [0, 0.1) is 0 Å². The van der Waals surface area contributed by atoms with Crippen LogP contribution in [0.25, 0.3) is 0 Å². The fraction of sp³-hybridized carbons (Fsp3) is 0.681. The van der Waals surface area contributed by atoms with E-state index < -0.39 is 12.1 Å². The normalized spacial score (nSPS) is 12.7. The predicted octanol–water partition coefficient (Wildman–Crippen LogP) is 13.5. The highest BCUT2D eigenvalue weighted by atomic mass is 16.6. The fourth-order valence-corrected chi connectivity index (χ4v) is 5.62. The highest BCUT2D eigenvalue weighted by molar-refractivity contribution is 5.72. The Bertz CT molecular complexity index is 1030. The first-order valence-corrected chi connectivity index (χ1v) is 21.5. The number of esters is 3. The minimum Gasteiger partial charge on any atom is -0.462 e. The van der Waals surface area contributed by atoms with Crippen molar-refractivity contribution in [3.63, 3.8) is 0 Å². The van der Waals surface area contributed by atoms with Crippen LogP contribution in [0.4, 0.5) is 0 Å². The molecular weight excluding hydrogens is 661 g/mol. The molecule has 0 saturated heterocycles. The molecule has 0 radical (unpaired) electrons. The minimum absolute atomic E-state index is 0.113. The summed E-state index contributed by atoms with van der Waals surface area (Å²) >= 11 is 0. The molecule has 0 rings (SSSR count). The van der Waals surface area contributed by atoms with Crippen LogP contribution < -0.4 is 0 Å². The van der Waals surface area contributed by atoms with E-state index in [2.05, 4.69) is 75.5 Å². The van der Waals surface area contributed by atoms with Gasteiger partial charge in [-0.05, 0) is 51.4 Å². The van der Waals surface area contributed by atoms with E-state index in [0.29, 0.717) is 12.8 Å². The Morgan fingerprint density at radius 2 is 0.887 bits per heavy atom. The quantitative estimate of drug-likeness (QED) is 0.0208. The molecule has 1 unspecified atom stereocenters. The van der Waals surface area contributed by atoms with Crippen LogP contribution in [-0.2, 0) is 28.6 Å². The highest BCUT2D eigenvalue weighted by Gasteiger charge is 2.19. The lowest BCUT2D eigenvalue weighted by Gasteiger charge is -2.18. The Hall–Kier alpha value is -3.15. The van der Waals surface area contributed by atoms with Crippen molar-refractivity contribution < 1.29 is 28.6 Å². The van der Waals surface area contributed by atoms with Gasteiger partial charge in [0.2, 0.25) is 0 Å². The van der Waals surface area contributed by atoms with Crippen molar-refractivity contribution in [2.75, 3.05) is 13.2 Å². The molecule has 0 aromatic heterocycles. The van der Waals surface area contributed by atoms with Crippen LogP contribution in [0.2, 0.25) is 0 Å². The first-order chi connectivity index (χ1) is 26.0. The lowest BCUT2D eigenvalue weighted by atomic mass is 10.0. The van der Waals surface area contributed by atoms with E-state index in [9.17, 15) is 14.4 Å². The number of hydrogen-bond acceptors (Lipinski definition) is 6. The van der Waals surface area contributed by atoms with Crippen LogP contribution in [0.5, 0.6) is 0 Å². The van der Waals surface area contributed by atoms with Crippen LogP contribution in [-0.4, -0.2) is 37.2 Å². The van der Waals surface area contributed by atoms with Crippen LogP contribution in [0.15, 0.2) is 72.9 Å². The molecule has 0 fully saturated rings. The van der Waals surface area contributed by atoms with Crippen molar-refractivity contribution in [2.24, 2.45) is 0 Å². The molecule has 302 valence electrons. The van der Waals surface area contributed by atoms with Crippen molar-refractivity contribution >= 4 is 17.9 Å². The zero-order valence-electron chi connectivity index (χ0n) is 34.3. The van der Waals surface area contributed by atoms with E-state index in [1.165, 1.54) is 64.2 Å².